The number of aromatic nitrogens is 1. The van der Waals surface area contributed by atoms with Crippen LogP contribution >= 0.6 is 0 Å². The van der Waals surface area contributed by atoms with Gasteiger partial charge in [0.1, 0.15) is 0 Å². The van der Waals surface area contributed by atoms with Crippen molar-refractivity contribution in [2.24, 2.45) is 5.41 Å². The van der Waals surface area contributed by atoms with Crippen molar-refractivity contribution in [2.45, 2.75) is 45.1 Å². The molecule has 0 N–H and O–H groups in total. The van der Waals surface area contributed by atoms with Crippen molar-refractivity contribution < 1.29 is 18.7 Å². The lowest BCUT2D eigenvalue weighted by Crippen LogP contribution is -2.55. The Bertz CT molecular complexity index is 667. The molecule has 25 heavy (non-hydrogen) atoms. The molecule has 4 rings (SSSR count). The van der Waals surface area contributed by atoms with E-state index in [1.165, 1.54) is 6.39 Å². The van der Waals surface area contributed by atoms with Gasteiger partial charge in [-0.15, -0.1) is 0 Å². The molecule has 0 aliphatic carbocycles. The molecule has 3 aliphatic heterocycles. The molecule has 1 aromatic heterocycles. The summed E-state index contributed by atoms with van der Waals surface area (Å²) in [7, 11) is 0. The molecule has 7 nitrogen and oxygen atoms in total. The van der Waals surface area contributed by atoms with E-state index < -0.39 is 5.41 Å². The Morgan fingerprint density at radius 2 is 2.08 bits per heavy atom. The summed E-state index contributed by atoms with van der Waals surface area (Å²) in [6.07, 6.45) is 5.75. The van der Waals surface area contributed by atoms with E-state index in [9.17, 15) is 9.59 Å². The van der Waals surface area contributed by atoms with E-state index in [-0.39, 0.29) is 11.8 Å². The van der Waals surface area contributed by atoms with Gasteiger partial charge in [-0.1, -0.05) is 0 Å². The summed E-state index contributed by atoms with van der Waals surface area (Å²) in [5.74, 6) is 0.375. The van der Waals surface area contributed by atoms with Crippen LogP contribution in [0.25, 0.3) is 0 Å². The Balaban J connectivity index is 1.49. The molecule has 1 atom stereocenters. The number of oxazole rings is 1. The molecular weight excluding hydrogens is 322 g/mol. The van der Waals surface area contributed by atoms with Gasteiger partial charge in [-0.05, 0) is 39.0 Å². The maximum atomic E-state index is 13.3. The Morgan fingerprint density at radius 1 is 1.28 bits per heavy atom. The maximum Gasteiger partial charge on any atom is 0.291 e. The molecule has 0 aromatic carbocycles. The number of hydrogen-bond donors (Lipinski definition) is 0. The number of carbonyl (C=O) groups is 2. The third-order valence-electron chi connectivity index (χ3n) is 5.98. The third-order valence-corrected chi connectivity index (χ3v) is 5.98. The summed E-state index contributed by atoms with van der Waals surface area (Å²) in [4.78, 5) is 33.8. The molecule has 1 unspecified atom stereocenters. The van der Waals surface area contributed by atoms with Crippen LogP contribution < -0.4 is 0 Å². The predicted molar refractivity (Wildman–Crippen MR) is 89.0 cm³/mol. The van der Waals surface area contributed by atoms with Gasteiger partial charge in [0, 0.05) is 38.9 Å². The number of amides is 2. The van der Waals surface area contributed by atoms with Gasteiger partial charge in [-0.3, -0.25) is 9.59 Å². The van der Waals surface area contributed by atoms with Crippen LogP contribution in [-0.2, 0) is 9.53 Å². The Labute approximate surface area is 147 Å². The largest absolute Gasteiger partial charge is 0.438 e. The van der Waals surface area contributed by atoms with Crippen LogP contribution in [0.4, 0.5) is 0 Å². The standard InChI is InChI=1S/C18H25N3O4/c1-13-15(25-12-19-13)16(22)20-8-6-18(11-20)5-2-7-21(17(18)23)14-3-9-24-10-4-14/h12,14H,2-11H2,1H3. The van der Waals surface area contributed by atoms with Crippen molar-refractivity contribution in [1.82, 2.24) is 14.8 Å². The van der Waals surface area contributed by atoms with Crippen molar-refractivity contribution in [2.75, 3.05) is 32.8 Å². The second-order valence-electron chi connectivity index (χ2n) is 7.47. The quantitative estimate of drug-likeness (QED) is 0.812. The zero-order valence-electron chi connectivity index (χ0n) is 14.7. The van der Waals surface area contributed by atoms with E-state index in [0.717, 1.165) is 51.9 Å². The molecule has 2 amide bonds. The average molecular weight is 347 g/mol. The van der Waals surface area contributed by atoms with Crippen molar-refractivity contribution >= 4 is 11.8 Å². The van der Waals surface area contributed by atoms with Gasteiger partial charge in [0.25, 0.3) is 5.91 Å². The smallest absolute Gasteiger partial charge is 0.291 e. The molecule has 4 heterocycles. The van der Waals surface area contributed by atoms with Gasteiger partial charge in [-0.2, -0.15) is 0 Å². The first-order chi connectivity index (χ1) is 12.1. The van der Waals surface area contributed by atoms with Gasteiger partial charge in [0.2, 0.25) is 11.7 Å². The molecule has 0 saturated carbocycles. The van der Waals surface area contributed by atoms with E-state index in [1.54, 1.807) is 11.8 Å². The number of nitrogens with zero attached hydrogens (tertiary/aromatic N) is 3. The predicted octanol–water partition coefficient (Wildman–Crippen LogP) is 1.62. The molecule has 136 valence electrons. The molecular formula is C18H25N3O4. The molecule has 1 aromatic rings. The molecule has 0 radical (unpaired) electrons. The topological polar surface area (TPSA) is 75.9 Å². The minimum atomic E-state index is -0.417. The average Bonchev–Trinajstić information content (AvgIpc) is 3.25. The fraction of sp³-hybridized carbons (Fsp3) is 0.722. The summed E-state index contributed by atoms with van der Waals surface area (Å²) < 4.78 is 10.7. The molecule has 3 saturated heterocycles. The van der Waals surface area contributed by atoms with Gasteiger partial charge < -0.3 is 19.0 Å². The zero-order chi connectivity index (χ0) is 17.4. The number of carbonyl (C=O) groups excluding carboxylic acids is 2. The van der Waals surface area contributed by atoms with Crippen LogP contribution in [0.3, 0.4) is 0 Å². The molecule has 3 fully saturated rings. The van der Waals surface area contributed by atoms with Crippen LogP contribution in [0.2, 0.25) is 0 Å². The van der Waals surface area contributed by atoms with Gasteiger partial charge in [-0.25, -0.2) is 4.98 Å². The zero-order valence-corrected chi connectivity index (χ0v) is 14.7. The maximum absolute atomic E-state index is 13.3. The number of aryl methyl sites for hydroxylation is 1. The number of likely N-dealkylation sites (tertiary alicyclic amines) is 2. The van der Waals surface area contributed by atoms with Crippen LogP contribution in [0, 0.1) is 12.3 Å². The van der Waals surface area contributed by atoms with Crippen molar-refractivity contribution in [3.8, 4) is 0 Å². The number of piperidine rings is 1. The summed E-state index contributed by atoms with van der Waals surface area (Å²) in [5.41, 5.74) is 0.185. The lowest BCUT2D eigenvalue weighted by atomic mass is 9.77. The molecule has 3 aliphatic rings. The van der Waals surface area contributed by atoms with Crippen LogP contribution in [0.15, 0.2) is 10.8 Å². The highest BCUT2D eigenvalue weighted by Gasteiger charge is 2.51. The Morgan fingerprint density at radius 3 is 2.80 bits per heavy atom. The van der Waals surface area contributed by atoms with Crippen molar-refractivity contribution in [3.05, 3.63) is 17.8 Å². The van der Waals surface area contributed by atoms with Crippen LogP contribution in [0.1, 0.15) is 48.4 Å². The highest BCUT2D eigenvalue weighted by Crippen LogP contribution is 2.41. The minimum absolute atomic E-state index is 0.150. The number of ether oxygens (including phenoxy) is 1. The van der Waals surface area contributed by atoms with Crippen LogP contribution in [0.5, 0.6) is 0 Å². The second-order valence-corrected chi connectivity index (χ2v) is 7.47. The van der Waals surface area contributed by atoms with E-state index >= 15 is 0 Å². The first-order valence-electron chi connectivity index (χ1n) is 9.19. The second kappa shape index (κ2) is 6.44. The first kappa shape index (κ1) is 16.6. The normalized spacial score (nSPS) is 28.1. The van der Waals surface area contributed by atoms with E-state index in [0.29, 0.717) is 30.6 Å². The summed E-state index contributed by atoms with van der Waals surface area (Å²) in [6.45, 7) is 5.16. The summed E-state index contributed by atoms with van der Waals surface area (Å²) >= 11 is 0. The van der Waals surface area contributed by atoms with Crippen molar-refractivity contribution in [1.29, 1.82) is 0 Å². The lowest BCUT2D eigenvalue weighted by Gasteiger charge is -2.44. The van der Waals surface area contributed by atoms with E-state index in [4.69, 9.17) is 9.15 Å². The van der Waals surface area contributed by atoms with Crippen LogP contribution in [-0.4, -0.2) is 65.5 Å². The van der Waals surface area contributed by atoms with E-state index in [2.05, 4.69) is 9.88 Å². The molecule has 0 bridgehead atoms. The third kappa shape index (κ3) is 2.84. The summed E-state index contributed by atoms with van der Waals surface area (Å²) in [6, 6.07) is 0.291. The summed E-state index contributed by atoms with van der Waals surface area (Å²) in [5, 5.41) is 0. The highest BCUT2D eigenvalue weighted by atomic mass is 16.5. The van der Waals surface area contributed by atoms with E-state index in [1.807, 2.05) is 0 Å². The van der Waals surface area contributed by atoms with Crippen molar-refractivity contribution in [3.63, 3.8) is 0 Å². The Hall–Kier alpha value is -1.89. The SMILES string of the molecule is Cc1ncoc1C(=O)N1CCC2(CCCN(C3CCOCC3)C2=O)C1. The number of rotatable bonds is 2. The minimum Gasteiger partial charge on any atom is -0.438 e. The monoisotopic (exact) mass is 347 g/mol. The molecule has 7 heteroatoms. The van der Waals surface area contributed by atoms with Gasteiger partial charge in [0.15, 0.2) is 6.39 Å². The van der Waals surface area contributed by atoms with Gasteiger partial charge >= 0.3 is 0 Å². The fourth-order valence-corrected chi connectivity index (χ4v) is 4.52. The Kier molecular flexibility index (Phi) is 4.27. The lowest BCUT2D eigenvalue weighted by molar-refractivity contribution is -0.150. The molecule has 1 spiro atoms. The first-order valence-corrected chi connectivity index (χ1v) is 9.19. The fourth-order valence-electron chi connectivity index (χ4n) is 4.52. The number of hydrogen-bond acceptors (Lipinski definition) is 5. The van der Waals surface area contributed by atoms with Gasteiger partial charge in [0.05, 0.1) is 11.1 Å². The highest BCUT2D eigenvalue weighted by molar-refractivity contribution is 5.94.